The van der Waals surface area contributed by atoms with E-state index in [0.29, 0.717) is 40.6 Å². The van der Waals surface area contributed by atoms with Gasteiger partial charge in [0.1, 0.15) is 0 Å². The van der Waals surface area contributed by atoms with Crippen molar-refractivity contribution < 1.29 is 18.7 Å². The second kappa shape index (κ2) is 9.38. The van der Waals surface area contributed by atoms with E-state index in [9.17, 15) is 0 Å². The van der Waals surface area contributed by atoms with E-state index in [4.69, 9.17) is 18.7 Å². The molecule has 3 heterocycles. The van der Waals surface area contributed by atoms with Crippen molar-refractivity contribution >= 4 is 5.95 Å². The van der Waals surface area contributed by atoms with Gasteiger partial charge in [-0.1, -0.05) is 35.5 Å². The third-order valence-electron chi connectivity index (χ3n) is 5.69. The number of hydrogen-bond donors (Lipinski definition) is 0. The standard InChI is InChI=1S/C25H25N5O4/c1-16-13-21(28-25(26-16)30-12-11-17-7-4-5-8-18(17)14-30)33-15-22-27-24(29-34-22)19-9-6-10-20(31-2)23(19)32-3/h4-10,13H,11-12,14-15H2,1-3H3. The Morgan fingerprint density at radius 3 is 2.65 bits per heavy atom. The van der Waals surface area contributed by atoms with Gasteiger partial charge in [0.15, 0.2) is 18.1 Å². The highest BCUT2D eigenvalue weighted by atomic mass is 16.5. The van der Waals surface area contributed by atoms with Gasteiger partial charge in [-0.15, -0.1) is 0 Å². The van der Waals surface area contributed by atoms with E-state index >= 15 is 0 Å². The largest absolute Gasteiger partial charge is 0.493 e. The summed E-state index contributed by atoms with van der Waals surface area (Å²) in [6.07, 6.45) is 0.960. The Morgan fingerprint density at radius 1 is 0.971 bits per heavy atom. The molecule has 2 aromatic heterocycles. The van der Waals surface area contributed by atoms with Crippen LogP contribution in [0.25, 0.3) is 11.4 Å². The normalized spacial score (nSPS) is 12.9. The third kappa shape index (κ3) is 4.36. The van der Waals surface area contributed by atoms with E-state index in [2.05, 4.69) is 49.3 Å². The first-order valence-corrected chi connectivity index (χ1v) is 11.0. The van der Waals surface area contributed by atoms with Crippen molar-refractivity contribution in [1.29, 1.82) is 0 Å². The van der Waals surface area contributed by atoms with Crippen LogP contribution in [0.5, 0.6) is 17.4 Å². The van der Waals surface area contributed by atoms with Crippen LogP contribution in [0.1, 0.15) is 22.7 Å². The summed E-state index contributed by atoms with van der Waals surface area (Å²) in [5, 5.41) is 4.07. The number of ether oxygens (including phenoxy) is 3. The van der Waals surface area contributed by atoms with Gasteiger partial charge in [0, 0.05) is 24.8 Å². The van der Waals surface area contributed by atoms with Crippen LogP contribution in [-0.4, -0.2) is 40.9 Å². The zero-order chi connectivity index (χ0) is 23.5. The van der Waals surface area contributed by atoms with Gasteiger partial charge in [0.05, 0.1) is 19.8 Å². The maximum atomic E-state index is 5.89. The summed E-state index contributed by atoms with van der Waals surface area (Å²) in [5.74, 6) is 2.95. The molecule has 0 atom stereocenters. The molecular weight excluding hydrogens is 434 g/mol. The molecule has 1 aliphatic heterocycles. The fourth-order valence-electron chi connectivity index (χ4n) is 4.03. The van der Waals surface area contributed by atoms with Crippen LogP contribution < -0.4 is 19.1 Å². The molecule has 9 heteroatoms. The van der Waals surface area contributed by atoms with Crippen LogP contribution in [0.2, 0.25) is 0 Å². The summed E-state index contributed by atoms with van der Waals surface area (Å²) in [5.41, 5.74) is 4.17. The van der Waals surface area contributed by atoms with E-state index in [1.54, 1.807) is 20.3 Å². The summed E-state index contributed by atoms with van der Waals surface area (Å²) in [6.45, 7) is 3.64. The minimum Gasteiger partial charge on any atom is -0.493 e. The van der Waals surface area contributed by atoms with Gasteiger partial charge < -0.3 is 23.6 Å². The zero-order valence-corrected chi connectivity index (χ0v) is 19.3. The zero-order valence-electron chi connectivity index (χ0n) is 19.3. The number of hydrogen-bond acceptors (Lipinski definition) is 9. The highest BCUT2D eigenvalue weighted by Gasteiger charge is 2.20. The minimum atomic E-state index is 0.0814. The molecule has 1 aliphatic rings. The Morgan fingerprint density at radius 2 is 1.82 bits per heavy atom. The predicted molar refractivity (Wildman–Crippen MR) is 125 cm³/mol. The molecule has 9 nitrogen and oxygen atoms in total. The molecule has 0 bridgehead atoms. The van der Waals surface area contributed by atoms with Crippen molar-refractivity contribution in [2.75, 3.05) is 25.7 Å². The average Bonchev–Trinajstić information content (AvgIpc) is 3.35. The summed E-state index contributed by atoms with van der Waals surface area (Å²) in [4.78, 5) is 15.9. The quantitative estimate of drug-likeness (QED) is 0.406. The fourth-order valence-corrected chi connectivity index (χ4v) is 4.03. The van der Waals surface area contributed by atoms with E-state index < -0.39 is 0 Å². The molecule has 0 amide bonds. The number of methoxy groups -OCH3 is 2. The number of aryl methyl sites for hydroxylation is 1. The molecule has 174 valence electrons. The van der Waals surface area contributed by atoms with E-state index in [0.717, 1.165) is 25.2 Å². The molecule has 0 unspecified atom stereocenters. The van der Waals surface area contributed by atoms with Crippen molar-refractivity contribution in [3.8, 4) is 28.8 Å². The number of rotatable bonds is 7. The molecule has 0 saturated heterocycles. The topological polar surface area (TPSA) is 95.6 Å². The van der Waals surface area contributed by atoms with E-state index in [-0.39, 0.29) is 6.61 Å². The lowest BCUT2D eigenvalue weighted by Crippen LogP contribution is -2.31. The van der Waals surface area contributed by atoms with Crippen LogP contribution in [0.4, 0.5) is 5.95 Å². The van der Waals surface area contributed by atoms with Crippen LogP contribution in [0.3, 0.4) is 0 Å². The Kier molecular flexibility index (Phi) is 5.99. The fraction of sp³-hybridized carbons (Fsp3) is 0.280. The lowest BCUT2D eigenvalue weighted by molar-refractivity contribution is 0.235. The Bertz CT molecular complexity index is 1310. The van der Waals surface area contributed by atoms with Crippen molar-refractivity contribution in [3.63, 3.8) is 0 Å². The van der Waals surface area contributed by atoms with Gasteiger partial charge >= 0.3 is 0 Å². The molecule has 0 N–H and O–H groups in total. The third-order valence-corrected chi connectivity index (χ3v) is 5.69. The number of fused-ring (bicyclic) bond motifs is 1. The van der Waals surface area contributed by atoms with Crippen molar-refractivity contribution in [2.24, 2.45) is 0 Å². The molecule has 5 rings (SSSR count). The average molecular weight is 460 g/mol. The first kappa shape index (κ1) is 21.7. The monoisotopic (exact) mass is 459 g/mol. The summed E-state index contributed by atoms with van der Waals surface area (Å²) in [6, 6.07) is 15.8. The van der Waals surface area contributed by atoms with Gasteiger partial charge in [-0.2, -0.15) is 9.97 Å². The maximum absolute atomic E-state index is 5.89. The van der Waals surface area contributed by atoms with Gasteiger partial charge in [-0.05, 0) is 36.6 Å². The van der Waals surface area contributed by atoms with Crippen molar-refractivity contribution in [2.45, 2.75) is 26.5 Å². The molecule has 2 aromatic carbocycles. The Labute approximate surface area is 197 Å². The summed E-state index contributed by atoms with van der Waals surface area (Å²) < 4.78 is 22.1. The van der Waals surface area contributed by atoms with E-state index in [1.165, 1.54) is 11.1 Å². The van der Waals surface area contributed by atoms with Gasteiger partial charge in [0.2, 0.25) is 17.7 Å². The first-order chi connectivity index (χ1) is 16.6. The number of nitrogens with zero attached hydrogens (tertiary/aromatic N) is 5. The smallest absolute Gasteiger partial charge is 0.264 e. The first-order valence-electron chi connectivity index (χ1n) is 11.0. The van der Waals surface area contributed by atoms with Crippen LogP contribution in [0, 0.1) is 6.92 Å². The maximum Gasteiger partial charge on any atom is 0.264 e. The molecule has 4 aromatic rings. The van der Waals surface area contributed by atoms with Crippen LogP contribution in [0.15, 0.2) is 53.1 Å². The summed E-state index contributed by atoms with van der Waals surface area (Å²) in [7, 11) is 3.15. The van der Waals surface area contributed by atoms with Crippen LogP contribution in [-0.2, 0) is 19.6 Å². The molecule has 0 fully saturated rings. The molecule has 0 saturated carbocycles. The van der Waals surface area contributed by atoms with Crippen molar-refractivity contribution in [3.05, 3.63) is 71.2 Å². The highest BCUT2D eigenvalue weighted by Crippen LogP contribution is 2.36. The number of para-hydroxylation sites is 1. The number of aromatic nitrogens is 4. The molecule has 34 heavy (non-hydrogen) atoms. The van der Waals surface area contributed by atoms with Gasteiger partial charge in [-0.3, -0.25) is 0 Å². The highest BCUT2D eigenvalue weighted by molar-refractivity contribution is 5.68. The predicted octanol–water partition coefficient (Wildman–Crippen LogP) is 3.99. The number of anilines is 1. The van der Waals surface area contributed by atoms with Gasteiger partial charge in [0.25, 0.3) is 5.89 Å². The Hall–Kier alpha value is -4.14. The lowest BCUT2D eigenvalue weighted by atomic mass is 10.0. The minimum absolute atomic E-state index is 0.0814. The molecule has 0 spiro atoms. The SMILES string of the molecule is COc1cccc(-c2noc(COc3cc(C)nc(N4CCc5ccccc5C4)n3)n2)c1OC. The molecule has 0 radical (unpaired) electrons. The van der Waals surface area contributed by atoms with E-state index in [1.807, 2.05) is 25.1 Å². The Balaban J connectivity index is 1.31. The van der Waals surface area contributed by atoms with Gasteiger partial charge in [-0.25, -0.2) is 4.98 Å². The molecule has 0 aliphatic carbocycles. The second-order valence-electron chi connectivity index (χ2n) is 7.93. The second-order valence-corrected chi connectivity index (χ2v) is 7.93. The lowest BCUT2D eigenvalue weighted by Gasteiger charge is -2.29. The summed E-state index contributed by atoms with van der Waals surface area (Å²) >= 11 is 0. The molecular formula is C25H25N5O4. The van der Waals surface area contributed by atoms with Crippen LogP contribution >= 0.6 is 0 Å². The van der Waals surface area contributed by atoms with Crippen molar-refractivity contribution in [1.82, 2.24) is 20.1 Å². The number of benzene rings is 2.